The van der Waals surface area contributed by atoms with Gasteiger partial charge < -0.3 is 9.47 Å². The van der Waals surface area contributed by atoms with Crippen LogP contribution in [0.5, 0.6) is 0 Å². The van der Waals surface area contributed by atoms with E-state index in [0.29, 0.717) is 18.0 Å². The number of likely N-dealkylation sites (N-methyl/N-ethyl adjacent to an activating group) is 1. The minimum atomic E-state index is -0.384. The standard InChI is InChI=1S/C27H28ClN3O/c1-18-13-24-25(14-19(18)2)31(26(29-24)16-22-11-8-12-23(28)15-22)20(3)27(32)30(4)17-21-9-6-5-7-10-21/h5-15,20H,16-17H2,1-4H3. The Labute approximate surface area is 194 Å². The van der Waals surface area contributed by atoms with Gasteiger partial charge in [-0.05, 0) is 67.3 Å². The Hall–Kier alpha value is -3.11. The van der Waals surface area contributed by atoms with Gasteiger partial charge in [-0.1, -0.05) is 54.1 Å². The Morgan fingerprint density at radius 2 is 1.69 bits per heavy atom. The molecule has 5 heteroatoms. The van der Waals surface area contributed by atoms with Crippen LogP contribution in [0.4, 0.5) is 0 Å². The van der Waals surface area contributed by atoms with Gasteiger partial charge in [0.05, 0.1) is 11.0 Å². The van der Waals surface area contributed by atoms with Gasteiger partial charge >= 0.3 is 0 Å². The van der Waals surface area contributed by atoms with E-state index in [2.05, 4.69) is 30.5 Å². The average molecular weight is 446 g/mol. The molecule has 1 amide bonds. The normalized spacial score (nSPS) is 12.2. The van der Waals surface area contributed by atoms with Crippen molar-refractivity contribution in [2.45, 2.75) is 39.8 Å². The summed E-state index contributed by atoms with van der Waals surface area (Å²) in [5.41, 5.74) is 6.45. The van der Waals surface area contributed by atoms with Crippen molar-refractivity contribution >= 4 is 28.5 Å². The summed E-state index contributed by atoms with van der Waals surface area (Å²) in [5.74, 6) is 0.917. The van der Waals surface area contributed by atoms with Gasteiger partial charge in [0.15, 0.2) is 0 Å². The fourth-order valence-corrected chi connectivity index (χ4v) is 4.36. The first-order valence-corrected chi connectivity index (χ1v) is 11.2. The minimum Gasteiger partial charge on any atom is -0.340 e. The number of aromatic nitrogens is 2. The maximum atomic E-state index is 13.5. The maximum Gasteiger partial charge on any atom is 0.245 e. The Balaban J connectivity index is 1.73. The highest BCUT2D eigenvalue weighted by Crippen LogP contribution is 2.27. The first-order valence-electron chi connectivity index (χ1n) is 10.8. The lowest BCUT2D eigenvalue weighted by Gasteiger charge is -2.24. The van der Waals surface area contributed by atoms with Crippen LogP contribution in [0.15, 0.2) is 66.7 Å². The molecule has 164 valence electrons. The van der Waals surface area contributed by atoms with Crippen molar-refractivity contribution < 1.29 is 4.79 Å². The van der Waals surface area contributed by atoms with Gasteiger partial charge in [0.25, 0.3) is 0 Å². The molecular weight excluding hydrogens is 418 g/mol. The summed E-state index contributed by atoms with van der Waals surface area (Å²) in [6.45, 7) is 6.71. The molecule has 4 rings (SSSR count). The number of halogens is 1. The van der Waals surface area contributed by atoms with Crippen molar-refractivity contribution in [3.63, 3.8) is 0 Å². The third-order valence-corrected chi connectivity index (χ3v) is 6.25. The summed E-state index contributed by atoms with van der Waals surface area (Å²) in [6, 6.07) is 21.7. The van der Waals surface area contributed by atoms with Gasteiger partial charge in [0.1, 0.15) is 11.9 Å². The third-order valence-electron chi connectivity index (χ3n) is 6.01. The highest BCUT2D eigenvalue weighted by molar-refractivity contribution is 6.30. The van der Waals surface area contributed by atoms with Crippen LogP contribution in [-0.2, 0) is 17.8 Å². The molecule has 1 atom stereocenters. The predicted octanol–water partition coefficient (Wildman–Crippen LogP) is 6.12. The average Bonchev–Trinajstić information content (AvgIpc) is 3.10. The van der Waals surface area contributed by atoms with Crippen molar-refractivity contribution in [3.8, 4) is 0 Å². The number of aryl methyl sites for hydroxylation is 2. The molecular formula is C27H28ClN3O. The van der Waals surface area contributed by atoms with Gasteiger partial charge in [0.2, 0.25) is 5.91 Å². The summed E-state index contributed by atoms with van der Waals surface area (Å²) in [7, 11) is 1.86. The number of benzene rings is 3. The SMILES string of the molecule is Cc1cc2nc(Cc3cccc(Cl)c3)n(C(C)C(=O)N(C)Cc3ccccc3)c2cc1C. The van der Waals surface area contributed by atoms with E-state index in [1.54, 1.807) is 4.90 Å². The van der Waals surface area contributed by atoms with Crippen LogP contribution in [0.2, 0.25) is 5.02 Å². The Morgan fingerprint density at radius 1 is 1.00 bits per heavy atom. The lowest BCUT2D eigenvalue weighted by atomic mass is 10.1. The van der Waals surface area contributed by atoms with E-state index < -0.39 is 0 Å². The van der Waals surface area contributed by atoms with Crippen molar-refractivity contribution in [1.82, 2.24) is 14.5 Å². The molecule has 1 heterocycles. The topological polar surface area (TPSA) is 38.1 Å². The zero-order valence-corrected chi connectivity index (χ0v) is 19.7. The Morgan fingerprint density at radius 3 is 2.41 bits per heavy atom. The van der Waals surface area contributed by atoms with Crippen LogP contribution < -0.4 is 0 Å². The van der Waals surface area contributed by atoms with E-state index >= 15 is 0 Å². The molecule has 0 spiro atoms. The van der Waals surface area contributed by atoms with Crippen LogP contribution in [0.1, 0.15) is 41.0 Å². The van der Waals surface area contributed by atoms with Gasteiger partial charge in [-0.2, -0.15) is 0 Å². The smallest absolute Gasteiger partial charge is 0.245 e. The number of carbonyl (C=O) groups is 1. The number of rotatable bonds is 6. The van der Waals surface area contributed by atoms with Crippen LogP contribution >= 0.6 is 11.6 Å². The molecule has 0 radical (unpaired) electrons. The van der Waals surface area contributed by atoms with Crippen molar-refractivity contribution in [3.05, 3.63) is 99.8 Å². The molecule has 1 unspecified atom stereocenters. The molecule has 0 aliphatic rings. The summed E-state index contributed by atoms with van der Waals surface area (Å²) >= 11 is 6.21. The lowest BCUT2D eigenvalue weighted by molar-refractivity contribution is -0.133. The number of nitrogens with zero attached hydrogens (tertiary/aromatic N) is 3. The molecule has 0 aliphatic carbocycles. The number of hydrogen-bond donors (Lipinski definition) is 0. The van der Waals surface area contributed by atoms with E-state index in [1.807, 2.05) is 68.6 Å². The Bertz CT molecular complexity index is 1260. The van der Waals surface area contributed by atoms with Crippen LogP contribution in [0, 0.1) is 13.8 Å². The van der Waals surface area contributed by atoms with Crippen molar-refractivity contribution in [1.29, 1.82) is 0 Å². The summed E-state index contributed by atoms with van der Waals surface area (Å²) in [6.07, 6.45) is 0.605. The van der Waals surface area contributed by atoms with E-state index in [0.717, 1.165) is 28.0 Å². The van der Waals surface area contributed by atoms with Gasteiger partial charge in [-0.15, -0.1) is 0 Å². The van der Waals surface area contributed by atoms with Crippen LogP contribution in [-0.4, -0.2) is 27.4 Å². The molecule has 0 saturated carbocycles. The molecule has 32 heavy (non-hydrogen) atoms. The molecule has 1 aromatic heterocycles. The second-order valence-corrected chi connectivity index (χ2v) is 8.92. The van der Waals surface area contributed by atoms with Gasteiger partial charge in [-0.25, -0.2) is 4.98 Å². The first-order chi connectivity index (χ1) is 15.3. The minimum absolute atomic E-state index is 0.0544. The van der Waals surface area contributed by atoms with Crippen LogP contribution in [0.3, 0.4) is 0 Å². The van der Waals surface area contributed by atoms with Crippen LogP contribution in [0.25, 0.3) is 11.0 Å². The second-order valence-electron chi connectivity index (χ2n) is 8.49. The molecule has 4 nitrogen and oxygen atoms in total. The highest BCUT2D eigenvalue weighted by Gasteiger charge is 2.25. The zero-order valence-electron chi connectivity index (χ0n) is 19.0. The van der Waals surface area contributed by atoms with Gasteiger partial charge in [0, 0.05) is 25.0 Å². The molecule has 0 fully saturated rings. The zero-order chi connectivity index (χ0) is 22.8. The highest BCUT2D eigenvalue weighted by atomic mass is 35.5. The molecule has 0 aliphatic heterocycles. The number of hydrogen-bond acceptors (Lipinski definition) is 2. The third kappa shape index (κ3) is 4.56. The fraction of sp³-hybridized carbons (Fsp3) is 0.259. The molecule has 0 saturated heterocycles. The Kier molecular flexibility index (Phi) is 6.33. The quantitative estimate of drug-likeness (QED) is 0.358. The van der Waals surface area contributed by atoms with Gasteiger partial charge in [-0.3, -0.25) is 4.79 Å². The summed E-state index contributed by atoms with van der Waals surface area (Å²) in [4.78, 5) is 20.2. The van der Waals surface area contributed by atoms with E-state index in [1.165, 1.54) is 11.1 Å². The number of imidazole rings is 1. The first kappa shape index (κ1) is 22.1. The van der Waals surface area contributed by atoms with E-state index in [-0.39, 0.29) is 11.9 Å². The largest absolute Gasteiger partial charge is 0.340 e. The number of amides is 1. The predicted molar refractivity (Wildman–Crippen MR) is 131 cm³/mol. The summed E-state index contributed by atoms with van der Waals surface area (Å²) < 4.78 is 2.09. The monoisotopic (exact) mass is 445 g/mol. The second kappa shape index (κ2) is 9.17. The maximum absolute atomic E-state index is 13.5. The number of carbonyl (C=O) groups excluding carboxylic acids is 1. The van der Waals surface area contributed by atoms with E-state index in [4.69, 9.17) is 16.6 Å². The van der Waals surface area contributed by atoms with E-state index in [9.17, 15) is 4.79 Å². The molecule has 0 bridgehead atoms. The fourth-order valence-electron chi connectivity index (χ4n) is 4.15. The number of fused-ring (bicyclic) bond motifs is 1. The summed E-state index contributed by atoms with van der Waals surface area (Å²) in [5, 5.41) is 0.698. The molecule has 3 aromatic carbocycles. The molecule has 0 N–H and O–H groups in total. The lowest BCUT2D eigenvalue weighted by Crippen LogP contribution is -2.33. The molecule has 4 aromatic rings. The van der Waals surface area contributed by atoms with Crippen molar-refractivity contribution in [2.24, 2.45) is 0 Å². The van der Waals surface area contributed by atoms with Crippen molar-refractivity contribution in [2.75, 3.05) is 7.05 Å².